The molecule has 5 aromatic carbocycles. The van der Waals surface area contributed by atoms with E-state index >= 15 is 0 Å². The molecule has 0 spiro atoms. The highest BCUT2D eigenvalue weighted by atomic mass is 16.3. The van der Waals surface area contributed by atoms with E-state index in [2.05, 4.69) is 107 Å². The molecule has 0 N–H and O–H groups in total. The summed E-state index contributed by atoms with van der Waals surface area (Å²) in [4.78, 5) is 4.55. The van der Waals surface area contributed by atoms with Gasteiger partial charge in [0.1, 0.15) is 22.3 Å². The van der Waals surface area contributed by atoms with Gasteiger partial charge >= 0.3 is 0 Å². The molecule has 4 heterocycles. The molecule has 9 rings (SSSR count). The summed E-state index contributed by atoms with van der Waals surface area (Å²) in [5.74, 6) is 0. The Kier molecular flexibility index (Phi) is 5.22. The van der Waals surface area contributed by atoms with Gasteiger partial charge in [-0.05, 0) is 77.9 Å². The van der Waals surface area contributed by atoms with Crippen molar-refractivity contribution in [1.82, 2.24) is 9.55 Å². The van der Waals surface area contributed by atoms with Crippen LogP contribution in [0.5, 0.6) is 0 Å². The zero-order valence-corrected chi connectivity index (χ0v) is 22.8. The van der Waals surface area contributed by atoms with Crippen LogP contribution in [0.2, 0.25) is 0 Å². The summed E-state index contributed by atoms with van der Waals surface area (Å²) in [6.07, 6.45) is 1.81. The SMILES string of the molecule is CC.c1cnc2c(c1)oc1ccc(-c3ccc4oc5ccc(-n6c7ccccc7c7ccccc76)cc5c4c3)cc12. The quantitative estimate of drug-likeness (QED) is 0.223. The molecule has 0 amide bonds. The van der Waals surface area contributed by atoms with Crippen molar-refractivity contribution in [2.24, 2.45) is 0 Å². The molecule has 0 aliphatic carbocycles. The van der Waals surface area contributed by atoms with E-state index in [9.17, 15) is 0 Å². The maximum atomic E-state index is 6.27. The molecule has 0 saturated carbocycles. The molecule has 196 valence electrons. The first-order chi connectivity index (χ1) is 20.3. The fourth-order valence-electron chi connectivity index (χ4n) is 6.06. The molecule has 4 heteroatoms. The van der Waals surface area contributed by atoms with Gasteiger partial charge in [-0.25, -0.2) is 0 Å². The van der Waals surface area contributed by atoms with Crippen LogP contribution >= 0.6 is 0 Å². The Hall–Kier alpha value is -5.35. The largest absolute Gasteiger partial charge is 0.456 e. The second kappa shape index (κ2) is 9.10. The topological polar surface area (TPSA) is 44.1 Å². The molecule has 0 unspecified atom stereocenters. The zero-order valence-electron chi connectivity index (χ0n) is 22.8. The highest BCUT2D eigenvalue weighted by Gasteiger charge is 2.15. The van der Waals surface area contributed by atoms with Crippen molar-refractivity contribution in [2.75, 3.05) is 0 Å². The minimum Gasteiger partial charge on any atom is -0.456 e. The standard InChI is InChI=1S/C35H20N2O2.C2H6/c1-3-8-29-24(6-1)25-7-2-4-9-30(25)37(29)23-13-16-32-27(20-23)26-18-21(11-14-31(26)38-32)22-12-15-33-28(19-22)35-34(39-33)10-5-17-36-35;1-2/h1-20H;1-2H3. The first-order valence-corrected chi connectivity index (χ1v) is 14.0. The van der Waals surface area contributed by atoms with Crippen LogP contribution in [0.3, 0.4) is 0 Å². The second-order valence-corrected chi connectivity index (χ2v) is 10.0. The lowest BCUT2D eigenvalue weighted by atomic mass is 10.0. The number of fused-ring (bicyclic) bond motifs is 9. The van der Waals surface area contributed by atoms with Gasteiger partial charge in [-0.2, -0.15) is 0 Å². The lowest BCUT2D eigenvalue weighted by molar-refractivity contribution is 0.668. The lowest BCUT2D eigenvalue weighted by Crippen LogP contribution is -1.93. The Balaban J connectivity index is 0.00000125. The number of nitrogens with zero attached hydrogens (tertiary/aromatic N) is 2. The van der Waals surface area contributed by atoms with Crippen LogP contribution in [0.25, 0.3) is 82.6 Å². The number of rotatable bonds is 2. The van der Waals surface area contributed by atoms with E-state index in [1.165, 1.54) is 21.8 Å². The summed E-state index contributed by atoms with van der Waals surface area (Å²) in [5.41, 5.74) is 10.0. The van der Waals surface area contributed by atoms with E-state index in [4.69, 9.17) is 8.83 Å². The fourth-order valence-corrected chi connectivity index (χ4v) is 6.06. The summed E-state index contributed by atoms with van der Waals surface area (Å²) >= 11 is 0. The number of benzene rings is 5. The van der Waals surface area contributed by atoms with Crippen LogP contribution in [0.4, 0.5) is 0 Å². The molecule has 9 aromatic rings. The first-order valence-electron chi connectivity index (χ1n) is 14.0. The van der Waals surface area contributed by atoms with Gasteiger partial charge in [-0.3, -0.25) is 4.98 Å². The third-order valence-electron chi connectivity index (χ3n) is 7.85. The molecule has 0 radical (unpaired) electrons. The van der Waals surface area contributed by atoms with Crippen molar-refractivity contribution in [3.63, 3.8) is 0 Å². The van der Waals surface area contributed by atoms with Crippen LogP contribution in [0, 0.1) is 0 Å². The Labute approximate surface area is 236 Å². The molecule has 0 aliphatic rings. The second-order valence-electron chi connectivity index (χ2n) is 10.0. The summed E-state index contributed by atoms with van der Waals surface area (Å²) in [6, 6.07) is 40.3. The number of furan rings is 2. The number of pyridine rings is 1. The molecule has 0 bridgehead atoms. The van der Waals surface area contributed by atoms with Crippen molar-refractivity contribution in [2.45, 2.75) is 13.8 Å². The average molecular weight is 531 g/mol. The van der Waals surface area contributed by atoms with Crippen LogP contribution in [-0.4, -0.2) is 9.55 Å². The fraction of sp³-hybridized carbons (Fsp3) is 0.0541. The molecular weight excluding hydrogens is 504 g/mol. The Morgan fingerprint density at radius 3 is 1.76 bits per heavy atom. The van der Waals surface area contributed by atoms with Crippen molar-refractivity contribution in [3.05, 3.63) is 121 Å². The van der Waals surface area contributed by atoms with E-state index in [1.54, 1.807) is 0 Å². The lowest BCUT2D eigenvalue weighted by Gasteiger charge is -2.08. The molecule has 0 aliphatic heterocycles. The van der Waals surface area contributed by atoms with E-state index in [0.717, 1.165) is 60.8 Å². The molecular formula is C37H26N2O2. The number of para-hydroxylation sites is 2. The Morgan fingerprint density at radius 1 is 0.488 bits per heavy atom. The number of hydrogen-bond donors (Lipinski definition) is 0. The molecule has 4 nitrogen and oxygen atoms in total. The molecule has 0 fully saturated rings. The van der Waals surface area contributed by atoms with Gasteiger partial charge < -0.3 is 13.4 Å². The van der Waals surface area contributed by atoms with Gasteiger partial charge in [0, 0.05) is 38.8 Å². The van der Waals surface area contributed by atoms with Gasteiger partial charge in [0.25, 0.3) is 0 Å². The van der Waals surface area contributed by atoms with Crippen molar-refractivity contribution in [1.29, 1.82) is 0 Å². The Morgan fingerprint density at radius 2 is 1.05 bits per heavy atom. The van der Waals surface area contributed by atoms with Crippen LogP contribution < -0.4 is 0 Å². The molecule has 4 aromatic heterocycles. The highest BCUT2D eigenvalue weighted by Crippen LogP contribution is 2.38. The highest BCUT2D eigenvalue weighted by molar-refractivity contribution is 6.11. The zero-order chi connectivity index (χ0) is 27.5. The normalized spacial score (nSPS) is 11.7. The van der Waals surface area contributed by atoms with Crippen molar-refractivity contribution >= 4 is 65.8 Å². The van der Waals surface area contributed by atoms with Gasteiger partial charge in [0.15, 0.2) is 5.58 Å². The Bertz CT molecular complexity index is 2350. The molecule has 41 heavy (non-hydrogen) atoms. The minimum absolute atomic E-state index is 0.804. The number of aromatic nitrogens is 2. The van der Waals surface area contributed by atoms with Crippen molar-refractivity contribution in [3.8, 4) is 16.8 Å². The van der Waals surface area contributed by atoms with Crippen LogP contribution in [0.1, 0.15) is 13.8 Å². The smallest absolute Gasteiger partial charge is 0.153 e. The minimum atomic E-state index is 0.804. The summed E-state index contributed by atoms with van der Waals surface area (Å²) in [5, 5.41) is 5.73. The predicted octanol–water partition coefficient (Wildman–Crippen LogP) is 10.7. The molecule has 0 atom stereocenters. The van der Waals surface area contributed by atoms with Gasteiger partial charge in [0.05, 0.1) is 11.0 Å². The average Bonchev–Trinajstić information content (AvgIpc) is 3.70. The van der Waals surface area contributed by atoms with Gasteiger partial charge in [0.2, 0.25) is 0 Å². The first kappa shape index (κ1) is 23.5. The van der Waals surface area contributed by atoms with Gasteiger partial charge in [-0.15, -0.1) is 0 Å². The maximum Gasteiger partial charge on any atom is 0.153 e. The molecule has 0 saturated heterocycles. The van der Waals surface area contributed by atoms with E-state index in [-0.39, 0.29) is 0 Å². The predicted molar refractivity (Wildman–Crippen MR) is 170 cm³/mol. The van der Waals surface area contributed by atoms with E-state index in [0.29, 0.717) is 0 Å². The van der Waals surface area contributed by atoms with E-state index < -0.39 is 0 Å². The summed E-state index contributed by atoms with van der Waals surface area (Å²) < 4.78 is 14.6. The van der Waals surface area contributed by atoms with Gasteiger partial charge in [-0.1, -0.05) is 62.4 Å². The maximum absolute atomic E-state index is 6.27. The van der Waals surface area contributed by atoms with E-state index in [1.807, 2.05) is 38.2 Å². The third kappa shape index (κ3) is 3.51. The van der Waals surface area contributed by atoms with Crippen LogP contribution in [-0.2, 0) is 0 Å². The van der Waals surface area contributed by atoms with Crippen LogP contribution in [0.15, 0.2) is 130 Å². The summed E-state index contributed by atoms with van der Waals surface area (Å²) in [6.45, 7) is 4.00. The monoisotopic (exact) mass is 530 g/mol. The summed E-state index contributed by atoms with van der Waals surface area (Å²) in [7, 11) is 0. The van der Waals surface area contributed by atoms with Crippen molar-refractivity contribution < 1.29 is 8.83 Å². The number of hydrogen-bond acceptors (Lipinski definition) is 3. The third-order valence-corrected chi connectivity index (χ3v) is 7.85.